The molecule has 0 saturated carbocycles. The molecule has 1 fully saturated rings. The highest BCUT2D eigenvalue weighted by molar-refractivity contribution is 5.28. The zero-order valence-electron chi connectivity index (χ0n) is 6.90. The second-order valence-corrected chi connectivity index (χ2v) is 4.20. The molecule has 0 bridgehead atoms. The zero-order valence-corrected chi connectivity index (χ0v) is 6.90. The third kappa shape index (κ3) is 0.943. The van der Waals surface area contributed by atoms with Gasteiger partial charge in [0.2, 0.25) is 0 Å². The quantitative estimate of drug-likeness (QED) is 0.413. The van der Waals surface area contributed by atoms with E-state index in [9.17, 15) is 0 Å². The first-order valence-electron chi connectivity index (χ1n) is 4.89. The molecule has 3 aliphatic rings. The van der Waals surface area contributed by atoms with Gasteiger partial charge in [0.1, 0.15) is 0 Å². The van der Waals surface area contributed by atoms with Crippen LogP contribution >= 0.6 is 0 Å². The Morgan fingerprint density at radius 1 is 0.909 bits per heavy atom. The summed E-state index contributed by atoms with van der Waals surface area (Å²) < 4.78 is 0. The van der Waals surface area contributed by atoms with Crippen molar-refractivity contribution in [2.45, 2.75) is 50.6 Å². The Balaban J connectivity index is 1.88. The van der Waals surface area contributed by atoms with Gasteiger partial charge in [0.15, 0.2) is 0 Å². The predicted molar refractivity (Wildman–Crippen MR) is 45.4 cm³/mol. The van der Waals surface area contributed by atoms with E-state index in [2.05, 4.69) is 5.32 Å². The molecule has 0 aromatic rings. The molecule has 0 aromatic heterocycles. The van der Waals surface area contributed by atoms with E-state index in [-0.39, 0.29) is 0 Å². The maximum atomic E-state index is 3.55. The summed E-state index contributed by atoms with van der Waals surface area (Å²) in [7, 11) is 0. The van der Waals surface area contributed by atoms with Gasteiger partial charge in [0.05, 0.1) is 0 Å². The van der Waals surface area contributed by atoms with Gasteiger partial charge in [0, 0.05) is 12.1 Å². The Kier molecular flexibility index (Phi) is 1.19. The van der Waals surface area contributed by atoms with Gasteiger partial charge in [-0.05, 0) is 38.5 Å². The summed E-state index contributed by atoms with van der Waals surface area (Å²) in [5, 5.41) is 3.55. The lowest BCUT2D eigenvalue weighted by atomic mass is 9.82. The van der Waals surface area contributed by atoms with Gasteiger partial charge in [-0.25, -0.2) is 0 Å². The molecule has 0 unspecified atom stereocenters. The molecule has 0 radical (unpaired) electrons. The summed E-state index contributed by atoms with van der Waals surface area (Å²) in [4.78, 5) is 0. The van der Waals surface area contributed by atoms with Gasteiger partial charge in [-0.3, -0.25) is 0 Å². The number of fused-ring (bicyclic) bond motifs is 1. The third-order valence-electron chi connectivity index (χ3n) is 3.44. The second-order valence-electron chi connectivity index (χ2n) is 4.20. The highest BCUT2D eigenvalue weighted by atomic mass is 15.1. The lowest BCUT2D eigenvalue weighted by Gasteiger charge is -2.23. The molecule has 60 valence electrons. The lowest BCUT2D eigenvalue weighted by Crippen LogP contribution is -2.11. The van der Waals surface area contributed by atoms with Crippen LogP contribution in [-0.2, 0) is 0 Å². The maximum Gasteiger partial charge on any atom is 0.0265 e. The van der Waals surface area contributed by atoms with E-state index < -0.39 is 0 Å². The topological polar surface area (TPSA) is 21.9 Å². The minimum atomic E-state index is 0.895. The van der Waals surface area contributed by atoms with Crippen LogP contribution < -0.4 is 5.32 Å². The van der Waals surface area contributed by atoms with Crippen LogP contribution in [0.3, 0.4) is 0 Å². The molecule has 1 N–H and O–H groups in total. The predicted octanol–water partition coefficient (Wildman–Crippen LogP) is 1.99. The van der Waals surface area contributed by atoms with Crippen molar-refractivity contribution in [1.82, 2.24) is 5.32 Å². The van der Waals surface area contributed by atoms with Crippen LogP contribution in [0.5, 0.6) is 0 Å². The Morgan fingerprint density at radius 2 is 1.45 bits per heavy atom. The summed E-state index contributed by atoms with van der Waals surface area (Å²) in [6.07, 6.45) is 8.52. The fourth-order valence-corrected chi connectivity index (χ4v) is 2.68. The summed E-state index contributed by atoms with van der Waals surface area (Å²) >= 11 is 0. The summed E-state index contributed by atoms with van der Waals surface area (Å²) in [6, 6.07) is 1.79. The summed E-state index contributed by atoms with van der Waals surface area (Å²) in [6.45, 7) is 0. The number of nitrogens with one attached hydrogen (secondary N) is 1. The molecule has 1 nitrogen and oxygen atoms in total. The average Bonchev–Trinajstić information content (AvgIpc) is 2.77. The molecule has 1 aliphatic heterocycles. The molecule has 0 spiro atoms. The van der Waals surface area contributed by atoms with Gasteiger partial charge in [-0.1, -0.05) is 11.1 Å². The Bertz CT molecular complexity index is 195. The van der Waals surface area contributed by atoms with Crippen molar-refractivity contribution in [2.75, 3.05) is 0 Å². The molecule has 2 aliphatic carbocycles. The van der Waals surface area contributed by atoms with Gasteiger partial charge >= 0.3 is 0 Å². The van der Waals surface area contributed by atoms with Crippen molar-refractivity contribution >= 4 is 0 Å². The van der Waals surface area contributed by atoms with Gasteiger partial charge < -0.3 is 5.32 Å². The van der Waals surface area contributed by atoms with E-state index in [1.165, 1.54) is 38.5 Å². The van der Waals surface area contributed by atoms with E-state index in [0.717, 1.165) is 12.1 Å². The van der Waals surface area contributed by atoms with Crippen molar-refractivity contribution in [3.05, 3.63) is 11.1 Å². The molecule has 11 heavy (non-hydrogen) atoms. The zero-order chi connectivity index (χ0) is 7.26. The van der Waals surface area contributed by atoms with E-state index in [0.29, 0.717) is 0 Å². The molecular weight excluding hydrogens is 134 g/mol. The second kappa shape index (κ2) is 2.10. The van der Waals surface area contributed by atoms with Crippen molar-refractivity contribution < 1.29 is 0 Å². The largest absolute Gasteiger partial charge is 0.307 e. The van der Waals surface area contributed by atoms with Crippen molar-refractivity contribution in [3.63, 3.8) is 0 Å². The SMILES string of the molecule is C1CCC2=C(C1)C[C@@H]1N[C@@H]1C2. The highest BCUT2D eigenvalue weighted by Crippen LogP contribution is 2.40. The van der Waals surface area contributed by atoms with Crippen LogP contribution in [0.15, 0.2) is 11.1 Å². The molecule has 0 aromatic carbocycles. The lowest BCUT2D eigenvalue weighted by molar-refractivity contribution is 0.596. The van der Waals surface area contributed by atoms with Gasteiger partial charge in [-0.2, -0.15) is 0 Å². The van der Waals surface area contributed by atoms with Gasteiger partial charge in [0.25, 0.3) is 0 Å². The molecule has 2 atom stereocenters. The first kappa shape index (κ1) is 6.24. The standard InChI is InChI=1S/C10H15N/c1-2-4-8-6-10-9(11-10)5-7(8)3-1/h9-11H,1-6H2/t9-,10+. The van der Waals surface area contributed by atoms with Crippen LogP contribution in [0, 0.1) is 0 Å². The smallest absolute Gasteiger partial charge is 0.0265 e. The Labute approximate surface area is 67.9 Å². The van der Waals surface area contributed by atoms with Crippen LogP contribution in [0.4, 0.5) is 0 Å². The summed E-state index contributed by atoms with van der Waals surface area (Å²) in [5.41, 5.74) is 3.64. The fourth-order valence-electron chi connectivity index (χ4n) is 2.68. The van der Waals surface area contributed by atoms with Crippen LogP contribution in [0.2, 0.25) is 0 Å². The summed E-state index contributed by atoms with van der Waals surface area (Å²) in [5.74, 6) is 0. The fraction of sp³-hybridized carbons (Fsp3) is 0.800. The van der Waals surface area contributed by atoms with E-state index >= 15 is 0 Å². The Hall–Kier alpha value is -0.300. The maximum absolute atomic E-state index is 3.55. The highest BCUT2D eigenvalue weighted by Gasteiger charge is 2.41. The number of hydrogen-bond donors (Lipinski definition) is 1. The molecule has 1 saturated heterocycles. The molecule has 1 heteroatoms. The van der Waals surface area contributed by atoms with Crippen molar-refractivity contribution in [2.24, 2.45) is 0 Å². The van der Waals surface area contributed by atoms with Crippen LogP contribution in [0.1, 0.15) is 38.5 Å². The van der Waals surface area contributed by atoms with Crippen molar-refractivity contribution in [3.8, 4) is 0 Å². The average molecular weight is 149 g/mol. The molecule has 3 rings (SSSR count). The number of rotatable bonds is 0. The normalized spacial score (nSPS) is 41.5. The van der Waals surface area contributed by atoms with Crippen molar-refractivity contribution in [1.29, 1.82) is 0 Å². The monoisotopic (exact) mass is 149 g/mol. The van der Waals surface area contributed by atoms with Crippen LogP contribution in [-0.4, -0.2) is 12.1 Å². The van der Waals surface area contributed by atoms with E-state index in [4.69, 9.17) is 0 Å². The van der Waals surface area contributed by atoms with E-state index in [1.807, 2.05) is 11.1 Å². The first-order valence-corrected chi connectivity index (χ1v) is 4.89. The third-order valence-corrected chi connectivity index (χ3v) is 3.44. The molecule has 0 amide bonds. The number of hydrogen-bond acceptors (Lipinski definition) is 1. The minimum absolute atomic E-state index is 0.895. The van der Waals surface area contributed by atoms with Gasteiger partial charge in [-0.15, -0.1) is 0 Å². The minimum Gasteiger partial charge on any atom is -0.307 e. The first-order chi connectivity index (χ1) is 5.43. The Morgan fingerprint density at radius 3 is 2.00 bits per heavy atom. The van der Waals surface area contributed by atoms with E-state index in [1.54, 1.807) is 0 Å². The van der Waals surface area contributed by atoms with Crippen LogP contribution in [0.25, 0.3) is 0 Å². The molecule has 1 heterocycles. The molecular formula is C10H15N.